The van der Waals surface area contributed by atoms with Crippen molar-refractivity contribution in [2.45, 2.75) is 168 Å². The summed E-state index contributed by atoms with van der Waals surface area (Å²) >= 11 is 3.49. The van der Waals surface area contributed by atoms with E-state index >= 15 is 0 Å². The molecule has 45 nitrogen and oxygen atoms in total. The number of aliphatic hydroxyl groups is 1. The second kappa shape index (κ2) is 32.8. The zero-order chi connectivity index (χ0) is 84.8. The number of nitrogens with two attached hydrogens (primary N) is 2. The largest absolute Gasteiger partial charge is 0.480 e. The van der Waals surface area contributed by atoms with Gasteiger partial charge in [-0.15, -0.1) is 39.5 Å². The number of amides is 5. The number of nitrogen functional groups attached to an aromatic ring is 2. The minimum absolute atomic E-state index is 0.0680. The maximum Gasteiger partial charge on any atom is 0.362 e. The van der Waals surface area contributed by atoms with Crippen molar-refractivity contribution in [2.75, 3.05) is 23.8 Å². The van der Waals surface area contributed by atoms with Crippen LogP contribution >= 0.6 is 34.4 Å². The number of hydrogen-bond donors (Lipinski definition) is 9. The van der Waals surface area contributed by atoms with Crippen LogP contribution in [0.3, 0.4) is 0 Å². The van der Waals surface area contributed by atoms with E-state index in [9.17, 15) is 103 Å². The molecule has 11 atom stereocenters. The maximum absolute atomic E-state index is 13.2. The molecule has 0 bridgehead atoms. The van der Waals surface area contributed by atoms with E-state index < -0.39 is 181 Å². The van der Waals surface area contributed by atoms with E-state index in [1.165, 1.54) is 111 Å². The first-order valence-corrected chi connectivity index (χ1v) is 40.7. The number of β-lactam (4-membered cyclic amide) rings is 5. The molecule has 1 unspecified atom stereocenters. The molecule has 11 N–H and O–H groups in total. The van der Waals surface area contributed by atoms with Gasteiger partial charge in [0.2, 0.25) is 35.1 Å². The number of nitrogens with zero attached hydrogens (tertiary/aromatic N) is 13. The van der Waals surface area contributed by atoms with Crippen LogP contribution in [-0.2, 0) is 125 Å². The minimum atomic E-state index is -4.70. The van der Waals surface area contributed by atoms with E-state index in [4.69, 9.17) is 45.8 Å². The summed E-state index contributed by atoms with van der Waals surface area (Å²) in [6.07, 6.45) is 6.55. The topological polar surface area (TPSA) is 656 Å². The van der Waals surface area contributed by atoms with Gasteiger partial charge in [0.05, 0.1) is 66.6 Å². The van der Waals surface area contributed by atoms with Crippen molar-refractivity contribution in [1.82, 2.24) is 48.9 Å². The molecule has 616 valence electrons. The van der Waals surface area contributed by atoms with Crippen molar-refractivity contribution in [3.63, 3.8) is 0 Å². The lowest BCUT2D eigenvalue weighted by molar-refractivity contribution is -0.689. The fourth-order valence-electron chi connectivity index (χ4n) is 13.1. The van der Waals surface area contributed by atoms with Crippen LogP contribution in [0, 0.1) is 11.8 Å². The normalized spacial score (nSPS) is 26.2. The molecule has 4 aromatic rings. The Morgan fingerprint density at radius 3 is 1.74 bits per heavy atom. The van der Waals surface area contributed by atoms with Gasteiger partial charge in [0.25, 0.3) is 12.3 Å². The minimum Gasteiger partial charge on any atom is -0.480 e. The Kier molecular flexibility index (Phi) is 25.1. The van der Waals surface area contributed by atoms with Gasteiger partial charge in [0.15, 0.2) is 90.2 Å². The molecule has 8 fully saturated rings. The van der Waals surface area contributed by atoms with Crippen LogP contribution in [0.2, 0.25) is 0 Å². The fraction of sp³-hybridized carbons (Fsp3) is 0.492. The molecular formula is C63H74N15O30S6+. The second-order valence-corrected chi connectivity index (χ2v) is 37.2. The van der Waals surface area contributed by atoms with Gasteiger partial charge in [-0.2, -0.15) is 8.42 Å². The maximum atomic E-state index is 13.2. The number of carbonyl (C=O) groups excluding carboxylic acids is 8. The Hall–Kier alpha value is -11.0. The number of carboxylic acid groups (broad SMARTS) is 5. The zero-order valence-electron chi connectivity index (χ0n) is 60.9. The molecule has 0 spiro atoms. The number of ether oxygens (including phenoxy) is 2. The lowest BCUT2D eigenvalue weighted by Crippen LogP contribution is -2.62. The highest BCUT2D eigenvalue weighted by Crippen LogP contribution is 2.49. The molecule has 5 amide bonds. The molecule has 0 radical (unpaired) electrons. The highest BCUT2D eigenvalue weighted by atomic mass is 32.2. The van der Waals surface area contributed by atoms with Crippen LogP contribution in [-0.4, -0.2) is 278 Å². The first kappa shape index (κ1) is 87.0. The van der Waals surface area contributed by atoms with E-state index in [1.807, 2.05) is 35.2 Å². The summed E-state index contributed by atoms with van der Waals surface area (Å²) in [5.74, 6) is -12.7. The number of thioether (sulfide) groups is 1. The number of aromatic nitrogens is 6. The number of Topliss-reactive ketones (excluding diaryl/α,β-unsaturated/α-hetero) is 2. The number of ketones is 2. The molecule has 4 aromatic heterocycles. The van der Waals surface area contributed by atoms with Crippen molar-refractivity contribution in [2.24, 2.45) is 22.1 Å². The van der Waals surface area contributed by atoms with Gasteiger partial charge >= 0.3 is 40.2 Å². The number of aliphatic hydroxyl groups excluding tert-OH is 1. The first-order chi connectivity index (χ1) is 53.0. The molecular weight excluding hydrogens is 1640 g/mol. The number of carboxylic acids is 5. The summed E-state index contributed by atoms with van der Waals surface area (Å²) in [4.78, 5) is 175. The first-order valence-electron chi connectivity index (χ1n) is 33.4. The predicted molar refractivity (Wildman–Crippen MR) is 386 cm³/mol. The molecule has 51 heteroatoms. The Balaban J connectivity index is 0.000000171. The predicted octanol–water partition coefficient (Wildman–Crippen LogP) is -2.32. The summed E-state index contributed by atoms with van der Waals surface area (Å²) in [7, 11) is -12.1. The molecule has 13 heterocycles. The number of pyridine rings is 1. The summed E-state index contributed by atoms with van der Waals surface area (Å²) in [5.41, 5.74) is 9.71. The number of sulfone groups is 2. The van der Waals surface area contributed by atoms with E-state index in [2.05, 4.69) is 35.3 Å². The highest BCUT2D eigenvalue weighted by molar-refractivity contribution is 8.00. The SMILES string of the molecule is CC(C)(O/N=C(\C(=O)C[C@@H]1C(=O)N2C(C(=O)O)=C(C[n+]3ccccc3)CSC12)c1csc(N)n1)C(=O)O.CC1(C)[C@H](C(=O)O)N2C(=O)C[C@H]2S1(=O)=O.C[C@H]1[C@H](CC(=O)/C(=N/OC(C)(C)OC=O)c2csc(N)n2)C(=O)N1S(=O)(=O)O.C[C@]1(Cn2ccnn2)[C@H](C(=O)O)N2C(=O)C[C@H]2S1(=O)=O.O=C(O)[C@H]1/C(=C/CO)O[C@@H]2CC(=O)N21. The average Bonchev–Trinajstić information content (AvgIpc) is 1.51. The van der Waals surface area contributed by atoms with Gasteiger partial charge in [-0.25, -0.2) is 59.6 Å². The number of anilines is 2. The Morgan fingerprint density at radius 2 is 1.29 bits per heavy atom. The van der Waals surface area contributed by atoms with Crippen molar-refractivity contribution in [1.29, 1.82) is 0 Å². The number of aliphatic carboxylic acids is 5. The summed E-state index contributed by atoms with van der Waals surface area (Å²) in [6, 6.07) is 0.869. The van der Waals surface area contributed by atoms with Crippen molar-refractivity contribution < 1.29 is 146 Å². The van der Waals surface area contributed by atoms with Gasteiger partial charge in [0, 0.05) is 67.1 Å². The fourth-order valence-corrected chi connectivity index (χ4v) is 21.0. The lowest BCUT2D eigenvalue weighted by Gasteiger charge is -2.49. The van der Waals surface area contributed by atoms with Crippen molar-refractivity contribution in [3.05, 3.63) is 88.2 Å². The van der Waals surface area contributed by atoms with Crippen LogP contribution in [0.25, 0.3) is 0 Å². The molecule has 13 rings (SSSR count). The number of rotatable bonds is 25. The molecule has 9 aliphatic heterocycles. The van der Waals surface area contributed by atoms with Gasteiger partial charge in [-0.05, 0) is 47.6 Å². The molecule has 0 aliphatic carbocycles. The van der Waals surface area contributed by atoms with Gasteiger partial charge in [-0.3, -0.25) is 57.4 Å². The Bertz CT molecular complexity index is 5090. The summed E-state index contributed by atoms with van der Waals surface area (Å²) < 4.78 is 90.4. The third-order valence-corrected chi connectivity index (χ3v) is 28.5. The highest BCUT2D eigenvalue weighted by Gasteiger charge is 2.71. The van der Waals surface area contributed by atoms with Crippen LogP contribution in [0.4, 0.5) is 10.3 Å². The van der Waals surface area contributed by atoms with Crippen LogP contribution in [0.5, 0.6) is 0 Å². The van der Waals surface area contributed by atoms with E-state index in [-0.39, 0.29) is 95.7 Å². The zero-order valence-corrected chi connectivity index (χ0v) is 65.8. The van der Waals surface area contributed by atoms with E-state index in [1.54, 1.807) is 0 Å². The molecule has 0 saturated carbocycles. The summed E-state index contributed by atoms with van der Waals surface area (Å²) in [5, 5.41) is 70.4. The quantitative estimate of drug-likeness (QED) is 0.00639. The smallest absolute Gasteiger partial charge is 0.362 e. The standard InChI is InChI=1S/C23H23N5O7S2.C14H18N4O8S2.C10H12N4O5S.C8H11NO5S.C8H9NO5/c1-23(2,21(33)34)35-26-16(14-11-37-22(24)25-14)15(29)8-13-18(30)28-17(20(31)32)12(10-36-19(13)28)9-27-6-4-3-5-7-27;1-7-8(12(21)18(7)28(22,23)24)4-10(20)11(9-5-27-13(15)16-9)17-26-14(2,3)25-6-19;1-10(5-13-3-2-11-12-13)8(9(16)17)14-6(15)4-7(14)20(10,18)19;1-8(2)6(7(11)12)9-4(10)3-5(9)15(8,13)14;10-2-1-4-7(8(12)13)9-5(11)3-6(9)14-4/h3-7,11,13,19H,8-10H2,1-2H3,(H3-,24,25,31,32,33,34);5-8H,4H2,1-3H3,(H2,15,16)(H,22,23,24);2-3,7-8H,4-5H2,1H3,(H,16,17);5-6H,3H2,1-2H3,(H,11,12);1,6-7,10H,2-3H2,(H,12,13)/p+1/b26-16-;17-11+;;;4-1-/t13-,19?;7-,8-;7-,8+,10+;5-,6+;6-,7-/m10111/s1. The van der Waals surface area contributed by atoms with Crippen molar-refractivity contribution in [3.8, 4) is 0 Å². The number of thiazole rings is 2. The summed E-state index contributed by atoms with van der Waals surface area (Å²) in [6.45, 7) is 10.7. The van der Waals surface area contributed by atoms with Gasteiger partial charge < -0.3 is 71.1 Å². The molecule has 0 aromatic carbocycles. The average molecular weight is 1710 g/mol. The number of fused-ring (bicyclic) bond motifs is 4. The molecule has 114 heavy (non-hydrogen) atoms. The van der Waals surface area contributed by atoms with Crippen LogP contribution in [0.15, 0.2) is 87.2 Å². The van der Waals surface area contributed by atoms with E-state index in [0.29, 0.717) is 22.2 Å². The van der Waals surface area contributed by atoms with Gasteiger partial charge in [0.1, 0.15) is 44.4 Å². The van der Waals surface area contributed by atoms with Crippen LogP contribution < -0.4 is 16.0 Å². The molecule has 9 aliphatic rings. The van der Waals surface area contributed by atoms with E-state index in [0.717, 1.165) is 32.5 Å². The monoisotopic (exact) mass is 1710 g/mol. The molecule has 8 saturated heterocycles. The van der Waals surface area contributed by atoms with Crippen molar-refractivity contribution >= 4 is 164 Å². The third kappa shape index (κ3) is 16.8. The lowest BCUT2D eigenvalue weighted by atomic mass is 9.86. The van der Waals surface area contributed by atoms with Gasteiger partial charge in [-0.1, -0.05) is 21.6 Å². The third-order valence-electron chi connectivity index (χ3n) is 19.2. The number of carbonyl (C=O) groups is 13. The second-order valence-electron chi connectivity index (χ2n) is 27.8. The number of hydrogen-bond acceptors (Lipinski definition) is 35. The van der Waals surface area contributed by atoms with Crippen LogP contribution in [0.1, 0.15) is 98.9 Å². The Labute approximate surface area is 657 Å². The Morgan fingerprint density at radius 1 is 0.754 bits per heavy atom. The number of oxime groups is 2.